The lowest BCUT2D eigenvalue weighted by molar-refractivity contribution is -0.150. The number of ether oxygens (including phenoxy) is 4. The number of rotatable bonds is 10. The summed E-state index contributed by atoms with van der Waals surface area (Å²) in [7, 11) is 3.17. The second-order valence-electron chi connectivity index (χ2n) is 9.92. The summed E-state index contributed by atoms with van der Waals surface area (Å²) in [5.74, 6) is 1.75. The molecule has 3 aromatic carbocycles. The molecule has 0 aliphatic carbocycles. The van der Waals surface area contributed by atoms with E-state index in [-0.39, 0.29) is 18.1 Å². The van der Waals surface area contributed by atoms with E-state index in [0.29, 0.717) is 37.4 Å². The Bertz CT molecular complexity index is 1710. The summed E-state index contributed by atoms with van der Waals surface area (Å²) in [5, 5.41) is 5.09. The van der Waals surface area contributed by atoms with Crippen LogP contribution in [0.1, 0.15) is 50.3 Å². The fourth-order valence-electron chi connectivity index (χ4n) is 4.51. The molecule has 0 aliphatic rings. The van der Waals surface area contributed by atoms with Crippen molar-refractivity contribution in [3.63, 3.8) is 0 Å². The van der Waals surface area contributed by atoms with Crippen molar-refractivity contribution in [3.05, 3.63) is 79.1 Å². The lowest BCUT2D eigenvalue weighted by atomic mass is 9.96. The monoisotopic (exact) mass is 683 g/mol. The molecule has 0 bridgehead atoms. The highest BCUT2D eigenvalue weighted by molar-refractivity contribution is 14.1. The molecule has 4 rings (SSSR count). The van der Waals surface area contributed by atoms with Crippen LogP contribution in [-0.4, -0.2) is 48.8 Å². The number of aryl methyl sites for hydroxylation is 1. The first kappa shape index (κ1) is 31.0. The summed E-state index contributed by atoms with van der Waals surface area (Å²) >= 11 is 2.11. The zero-order chi connectivity index (χ0) is 30.6. The summed E-state index contributed by atoms with van der Waals surface area (Å²) in [6.07, 6.45) is 0.757. The van der Waals surface area contributed by atoms with Crippen LogP contribution in [0.2, 0.25) is 0 Å². The van der Waals surface area contributed by atoms with Crippen molar-refractivity contribution in [2.24, 2.45) is 5.10 Å². The number of hydrogen-bond acceptors (Lipinski definition) is 8. The molecule has 0 spiro atoms. The zero-order valence-corrected chi connectivity index (χ0v) is 26.9. The van der Waals surface area contributed by atoms with Gasteiger partial charge in [-0.25, -0.2) is 9.78 Å². The maximum absolute atomic E-state index is 13.8. The maximum atomic E-state index is 13.8. The quantitative estimate of drug-likeness (QED) is 0.109. The third-order valence-corrected chi connectivity index (χ3v) is 7.48. The minimum absolute atomic E-state index is 0.185. The molecule has 4 aromatic rings. The highest BCUT2D eigenvalue weighted by Gasteiger charge is 2.21. The first-order valence-corrected chi connectivity index (χ1v) is 14.6. The smallest absolute Gasteiger partial charge is 0.347 e. The number of para-hydroxylation sites is 1. The Morgan fingerprint density at radius 1 is 1.07 bits per heavy atom. The van der Waals surface area contributed by atoms with Crippen molar-refractivity contribution in [2.75, 3.05) is 20.8 Å². The number of esters is 1. The number of hydrogen-bond donors (Lipinski definition) is 0. The summed E-state index contributed by atoms with van der Waals surface area (Å²) in [5.41, 5.74) is 3.63. The van der Waals surface area contributed by atoms with Gasteiger partial charge in [-0.05, 0) is 102 Å². The zero-order valence-electron chi connectivity index (χ0n) is 24.7. The Labute approximate surface area is 258 Å². The van der Waals surface area contributed by atoms with Gasteiger partial charge in [0, 0.05) is 5.56 Å². The summed E-state index contributed by atoms with van der Waals surface area (Å²) in [4.78, 5) is 30.8. The second kappa shape index (κ2) is 13.4. The number of halogens is 1. The highest BCUT2D eigenvalue weighted by Crippen LogP contribution is 2.36. The Kier molecular flexibility index (Phi) is 9.87. The number of benzene rings is 3. The molecule has 42 heavy (non-hydrogen) atoms. The van der Waals surface area contributed by atoms with Crippen LogP contribution in [0.3, 0.4) is 0 Å². The van der Waals surface area contributed by atoms with E-state index in [9.17, 15) is 9.59 Å². The number of fused-ring (bicyclic) bond motifs is 1. The van der Waals surface area contributed by atoms with E-state index in [1.807, 2.05) is 37.3 Å². The summed E-state index contributed by atoms with van der Waals surface area (Å²) in [6, 6.07) is 14.8. The van der Waals surface area contributed by atoms with Crippen molar-refractivity contribution in [1.82, 2.24) is 9.66 Å². The topological polar surface area (TPSA) is 101 Å². The van der Waals surface area contributed by atoms with Crippen LogP contribution in [0.25, 0.3) is 22.3 Å². The predicted molar refractivity (Wildman–Crippen MR) is 172 cm³/mol. The molecular formula is C32H34IN3O6. The standard InChI is InChI=1S/C32H34IN3O6/c1-8-41-32(38)20(5)42-29-25(33)14-21(15-28(29)40-7)17-34-36-30(35-26-12-10-9-11-22(26)31(36)37)24-16-23(18(2)3)27(39-6)13-19(24)4/h9-18,20H,8H2,1-7H3/t20-/m0/s1. The van der Waals surface area contributed by atoms with Gasteiger partial charge in [0.2, 0.25) is 0 Å². The van der Waals surface area contributed by atoms with Gasteiger partial charge < -0.3 is 18.9 Å². The number of methoxy groups -OCH3 is 2. The normalized spacial score (nSPS) is 12.1. The fourth-order valence-corrected chi connectivity index (χ4v) is 5.26. The first-order chi connectivity index (χ1) is 20.1. The predicted octanol–water partition coefficient (Wildman–Crippen LogP) is 6.33. The molecule has 0 aliphatic heterocycles. The van der Waals surface area contributed by atoms with E-state index in [4.69, 9.17) is 23.9 Å². The van der Waals surface area contributed by atoms with Gasteiger partial charge in [-0.2, -0.15) is 9.78 Å². The van der Waals surface area contributed by atoms with Crippen LogP contribution < -0.4 is 19.8 Å². The molecular weight excluding hydrogens is 649 g/mol. The highest BCUT2D eigenvalue weighted by atomic mass is 127. The van der Waals surface area contributed by atoms with Crippen molar-refractivity contribution >= 4 is 45.7 Å². The van der Waals surface area contributed by atoms with Crippen molar-refractivity contribution < 1.29 is 23.7 Å². The molecule has 0 radical (unpaired) electrons. The third kappa shape index (κ3) is 6.43. The SMILES string of the molecule is CCOC(=O)[C@H](C)Oc1c(I)cc(C=Nn2c(-c3cc(C(C)C)c(OC)cc3C)nc3ccccc3c2=O)cc1OC. The lowest BCUT2D eigenvalue weighted by Gasteiger charge is -2.18. The van der Waals surface area contributed by atoms with E-state index < -0.39 is 12.1 Å². The van der Waals surface area contributed by atoms with E-state index in [2.05, 4.69) is 41.5 Å². The largest absolute Gasteiger partial charge is 0.496 e. The summed E-state index contributed by atoms with van der Waals surface area (Å²) in [6.45, 7) is 9.76. The van der Waals surface area contributed by atoms with Gasteiger partial charge in [0.1, 0.15) is 5.75 Å². The van der Waals surface area contributed by atoms with Gasteiger partial charge in [0.25, 0.3) is 5.56 Å². The minimum Gasteiger partial charge on any atom is -0.496 e. The lowest BCUT2D eigenvalue weighted by Crippen LogP contribution is -2.26. The number of carbonyl (C=O) groups excluding carboxylic acids is 1. The van der Waals surface area contributed by atoms with Crippen LogP contribution in [0.15, 0.2) is 58.4 Å². The molecule has 0 fully saturated rings. The number of aromatic nitrogens is 2. The van der Waals surface area contributed by atoms with Crippen LogP contribution in [0.5, 0.6) is 17.2 Å². The molecule has 1 aromatic heterocycles. The van der Waals surface area contributed by atoms with Gasteiger partial charge in [0.15, 0.2) is 23.4 Å². The molecule has 0 amide bonds. The second-order valence-corrected chi connectivity index (χ2v) is 11.1. The maximum Gasteiger partial charge on any atom is 0.347 e. The van der Waals surface area contributed by atoms with Crippen LogP contribution in [-0.2, 0) is 9.53 Å². The number of carbonyl (C=O) groups is 1. The average Bonchev–Trinajstić information content (AvgIpc) is 2.97. The minimum atomic E-state index is -0.819. The molecule has 0 N–H and O–H groups in total. The molecule has 0 saturated heterocycles. The van der Waals surface area contributed by atoms with Gasteiger partial charge in [-0.15, -0.1) is 0 Å². The Hall–Kier alpha value is -3.93. The van der Waals surface area contributed by atoms with Gasteiger partial charge >= 0.3 is 5.97 Å². The van der Waals surface area contributed by atoms with Crippen LogP contribution >= 0.6 is 22.6 Å². The Morgan fingerprint density at radius 2 is 1.79 bits per heavy atom. The molecule has 10 heteroatoms. The number of nitrogens with zero attached hydrogens (tertiary/aromatic N) is 3. The molecule has 1 atom stereocenters. The van der Waals surface area contributed by atoms with Crippen molar-refractivity contribution in [1.29, 1.82) is 0 Å². The summed E-state index contributed by atoms with van der Waals surface area (Å²) < 4.78 is 24.2. The van der Waals surface area contributed by atoms with E-state index in [0.717, 1.165) is 22.4 Å². The molecule has 220 valence electrons. The third-order valence-electron chi connectivity index (χ3n) is 6.68. The van der Waals surface area contributed by atoms with Crippen LogP contribution in [0, 0.1) is 10.5 Å². The van der Waals surface area contributed by atoms with Crippen molar-refractivity contribution in [2.45, 2.75) is 46.6 Å². The van der Waals surface area contributed by atoms with Gasteiger partial charge in [-0.3, -0.25) is 4.79 Å². The van der Waals surface area contributed by atoms with E-state index in [1.54, 1.807) is 45.4 Å². The van der Waals surface area contributed by atoms with E-state index >= 15 is 0 Å². The van der Waals surface area contributed by atoms with Gasteiger partial charge in [0.05, 0.1) is 41.5 Å². The molecule has 0 saturated carbocycles. The molecule has 0 unspecified atom stereocenters. The molecule has 1 heterocycles. The first-order valence-electron chi connectivity index (χ1n) is 13.5. The van der Waals surface area contributed by atoms with E-state index in [1.165, 1.54) is 11.8 Å². The Balaban J connectivity index is 1.85. The molecule has 9 nitrogen and oxygen atoms in total. The average molecular weight is 684 g/mol. The Morgan fingerprint density at radius 3 is 2.45 bits per heavy atom. The van der Waals surface area contributed by atoms with Crippen molar-refractivity contribution in [3.8, 4) is 28.6 Å². The van der Waals surface area contributed by atoms with Gasteiger partial charge in [-0.1, -0.05) is 26.0 Å². The fraction of sp³-hybridized carbons (Fsp3) is 0.312. The van der Waals surface area contributed by atoms with Crippen LogP contribution in [0.4, 0.5) is 0 Å².